The second kappa shape index (κ2) is 8.44. The van der Waals surface area contributed by atoms with Crippen molar-refractivity contribution in [3.63, 3.8) is 0 Å². The summed E-state index contributed by atoms with van der Waals surface area (Å²) in [5, 5.41) is 2.64. The number of nitrogens with one attached hydrogen (secondary N) is 1. The molecular weight excluding hydrogens is 407 g/mol. The molecule has 1 N–H and O–H groups in total. The second-order valence-electron chi connectivity index (χ2n) is 7.05. The second-order valence-corrected chi connectivity index (χ2v) is 9.07. The summed E-state index contributed by atoms with van der Waals surface area (Å²) < 4.78 is 67.0. The van der Waals surface area contributed by atoms with Gasteiger partial charge in [0.25, 0.3) is 0 Å². The number of amides is 1. The van der Waals surface area contributed by atoms with Gasteiger partial charge in [-0.15, -0.1) is 0 Å². The summed E-state index contributed by atoms with van der Waals surface area (Å²) in [5.41, 5.74) is -1.72. The van der Waals surface area contributed by atoms with Crippen LogP contribution in [-0.2, 0) is 26.2 Å². The van der Waals surface area contributed by atoms with Crippen LogP contribution >= 0.6 is 0 Å². The van der Waals surface area contributed by atoms with Crippen molar-refractivity contribution < 1.29 is 31.1 Å². The molecule has 0 atom stereocenters. The summed E-state index contributed by atoms with van der Waals surface area (Å²) >= 11 is 0. The number of benzene rings is 2. The number of carbonyl (C=O) groups is 1. The Morgan fingerprint density at radius 1 is 1.03 bits per heavy atom. The Kier molecular flexibility index (Phi) is 6.62. The molecule has 158 valence electrons. The van der Waals surface area contributed by atoms with E-state index in [2.05, 4.69) is 5.32 Å². The summed E-state index contributed by atoms with van der Waals surface area (Å²) in [6.07, 6.45) is -3.38. The van der Waals surface area contributed by atoms with E-state index in [1.807, 2.05) is 0 Å². The van der Waals surface area contributed by atoms with Gasteiger partial charge in [0.05, 0.1) is 22.4 Å². The van der Waals surface area contributed by atoms with Crippen LogP contribution in [-0.4, -0.2) is 33.7 Å². The van der Waals surface area contributed by atoms with Crippen molar-refractivity contribution in [2.75, 3.05) is 19.4 Å². The van der Waals surface area contributed by atoms with Gasteiger partial charge in [0, 0.05) is 6.26 Å². The van der Waals surface area contributed by atoms with E-state index in [0.717, 1.165) is 18.4 Å². The minimum absolute atomic E-state index is 0.114. The van der Waals surface area contributed by atoms with E-state index >= 15 is 0 Å². The molecule has 0 aromatic heterocycles. The van der Waals surface area contributed by atoms with Crippen LogP contribution < -0.4 is 10.1 Å². The summed E-state index contributed by atoms with van der Waals surface area (Å²) in [4.78, 5) is 12.6. The zero-order chi connectivity index (χ0) is 21.9. The highest BCUT2D eigenvalue weighted by Gasteiger charge is 2.34. The maximum absolute atomic E-state index is 12.9. The minimum Gasteiger partial charge on any atom is -0.492 e. The van der Waals surface area contributed by atoms with Crippen LogP contribution in [0.5, 0.6) is 5.75 Å². The molecule has 0 fully saturated rings. The zero-order valence-corrected chi connectivity index (χ0v) is 17.0. The van der Waals surface area contributed by atoms with E-state index in [4.69, 9.17) is 4.74 Å². The molecule has 0 aliphatic carbocycles. The van der Waals surface area contributed by atoms with Gasteiger partial charge in [-0.25, -0.2) is 8.42 Å². The van der Waals surface area contributed by atoms with E-state index in [9.17, 15) is 26.4 Å². The number of alkyl halides is 3. The molecular formula is C20H22F3NO4S. The first-order valence-corrected chi connectivity index (χ1v) is 10.6. The standard InChI is InChI=1S/C20H22F3NO4S/c1-19(2,14-5-4-6-15(13-14)20(21,22)23)18(25)24-11-12-28-16-7-9-17(10-8-16)29(3,26)27/h4-10,13H,11-12H2,1-3H3,(H,24,25). The fraction of sp³-hybridized carbons (Fsp3) is 0.350. The summed E-state index contributed by atoms with van der Waals surface area (Å²) in [6, 6.07) is 10.5. The number of sulfone groups is 1. The number of halogens is 3. The summed E-state index contributed by atoms with van der Waals surface area (Å²) in [7, 11) is -3.29. The molecule has 0 saturated heterocycles. The molecule has 0 bridgehead atoms. The molecule has 2 rings (SSSR count). The van der Waals surface area contributed by atoms with Gasteiger partial charge >= 0.3 is 6.18 Å². The van der Waals surface area contributed by atoms with Gasteiger partial charge in [-0.1, -0.05) is 18.2 Å². The SMILES string of the molecule is CC(C)(C(=O)NCCOc1ccc(S(C)(=O)=O)cc1)c1cccc(C(F)(F)F)c1. The van der Waals surface area contributed by atoms with Gasteiger partial charge in [0.2, 0.25) is 5.91 Å². The number of rotatable bonds is 7. The molecule has 0 aliphatic heterocycles. The first kappa shape index (κ1) is 22.7. The van der Waals surface area contributed by atoms with Gasteiger partial charge in [0.1, 0.15) is 12.4 Å². The maximum Gasteiger partial charge on any atom is 0.416 e. The van der Waals surface area contributed by atoms with E-state index in [-0.39, 0.29) is 23.6 Å². The predicted molar refractivity (Wildman–Crippen MR) is 103 cm³/mol. The Morgan fingerprint density at radius 3 is 2.17 bits per heavy atom. The van der Waals surface area contributed by atoms with Crippen molar-refractivity contribution >= 4 is 15.7 Å². The topological polar surface area (TPSA) is 72.5 Å². The van der Waals surface area contributed by atoms with Crippen molar-refractivity contribution in [3.05, 3.63) is 59.7 Å². The van der Waals surface area contributed by atoms with E-state index < -0.39 is 32.9 Å². The maximum atomic E-state index is 12.9. The van der Waals surface area contributed by atoms with Gasteiger partial charge in [-0.3, -0.25) is 4.79 Å². The first-order chi connectivity index (χ1) is 13.3. The fourth-order valence-corrected chi connectivity index (χ4v) is 3.18. The quantitative estimate of drug-likeness (QED) is 0.683. The third-order valence-electron chi connectivity index (χ3n) is 4.39. The third kappa shape index (κ3) is 5.96. The molecule has 0 spiro atoms. The average Bonchev–Trinajstić information content (AvgIpc) is 2.64. The summed E-state index contributed by atoms with van der Waals surface area (Å²) in [6.45, 7) is 3.34. The number of hydrogen-bond donors (Lipinski definition) is 1. The molecule has 0 unspecified atom stereocenters. The first-order valence-electron chi connectivity index (χ1n) is 8.71. The van der Waals surface area contributed by atoms with E-state index in [1.165, 1.54) is 36.4 Å². The Balaban J connectivity index is 1.93. The molecule has 0 aliphatic rings. The van der Waals surface area contributed by atoms with Gasteiger partial charge < -0.3 is 10.1 Å². The molecule has 5 nitrogen and oxygen atoms in total. The molecule has 0 saturated carbocycles. The summed E-state index contributed by atoms with van der Waals surface area (Å²) in [5.74, 6) is -0.00311. The van der Waals surface area contributed by atoms with E-state index in [0.29, 0.717) is 5.75 Å². The lowest BCUT2D eigenvalue weighted by Gasteiger charge is -2.25. The Morgan fingerprint density at radius 2 is 1.62 bits per heavy atom. The monoisotopic (exact) mass is 429 g/mol. The predicted octanol–water partition coefficient (Wildman–Crippen LogP) is 3.58. The molecule has 2 aromatic rings. The largest absolute Gasteiger partial charge is 0.492 e. The molecule has 1 amide bonds. The fourth-order valence-electron chi connectivity index (χ4n) is 2.55. The molecule has 0 radical (unpaired) electrons. The van der Waals surface area contributed by atoms with Crippen LogP contribution in [0.15, 0.2) is 53.4 Å². The van der Waals surface area contributed by atoms with Crippen LogP contribution in [0.4, 0.5) is 13.2 Å². The van der Waals surface area contributed by atoms with Crippen molar-refractivity contribution in [3.8, 4) is 5.75 Å². The van der Waals surface area contributed by atoms with Gasteiger partial charge in [-0.2, -0.15) is 13.2 Å². The van der Waals surface area contributed by atoms with Crippen molar-refractivity contribution in [1.82, 2.24) is 5.32 Å². The number of hydrogen-bond acceptors (Lipinski definition) is 4. The Bertz CT molecular complexity index is 968. The zero-order valence-electron chi connectivity index (χ0n) is 16.2. The van der Waals surface area contributed by atoms with Crippen molar-refractivity contribution in [2.24, 2.45) is 0 Å². The highest BCUT2D eigenvalue weighted by molar-refractivity contribution is 7.90. The normalized spacial score (nSPS) is 12.5. The minimum atomic E-state index is -4.48. The highest BCUT2D eigenvalue weighted by atomic mass is 32.2. The van der Waals surface area contributed by atoms with Gasteiger partial charge in [-0.05, 0) is 49.7 Å². The molecule has 29 heavy (non-hydrogen) atoms. The van der Waals surface area contributed by atoms with Crippen LogP contribution in [0.25, 0.3) is 0 Å². The average molecular weight is 429 g/mol. The smallest absolute Gasteiger partial charge is 0.416 e. The molecule has 2 aromatic carbocycles. The Hall–Kier alpha value is -2.55. The van der Waals surface area contributed by atoms with Crippen LogP contribution in [0.2, 0.25) is 0 Å². The van der Waals surface area contributed by atoms with E-state index in [1.54, 1.807) is 13.8 Å². The van der Waals surface area contributed by atoms with Crippen LogP contribution in [0.3, 0.4) is 0 Å². The molecule has 9 heteroatoms. The van der Waals surface area contributed by atoms with Crippen LogP contribution in [0.1, 0.15) is 25.0 Å². The van der Waals surface area contributed by atoms with Crippen LogP contribution in [0, 0.1) is 0 Å². The third-order valence-corrected chi connectivity index (χ3v) is 5.52. The lowest BCUT2D eigenvalue weighted by atomic mass is 9.83. The van der Waals surface area contributed by atoms with Gasteiger partial charge in [0.15, 0.2) is 9.84 Å². The highest BCUT2D eigenvalue weighted by Crippen LogP contribution is 2.32. The van der Waals surface area contributed by atoms with Crippen molar-refractivity contribution in [2.45, 2.75) is 30.3 Å². The lowest BCUT2D eigenvalue weighted by Crippen LogP contribution is -2.41. The lowest BCUT2D eigenvalue weighted by molar-refractivity contribution is -0.138. The number of ether oxygens (including phenoxy) is 1. The number of carbonyl (C=O) groups excluding carboxylic acids is 1. The molecule has 0 heterocycles. The Labute approximate surface area is 167 Å². The van der Waals surface area contributed by atoms with Crippen molar-refractivity contribution in [1.29, 1.82) is 0 Å².